The van der Waals surface area contributed by atoms with E-state index in [4.69, 9.17) is 4.74 Å². The smallest absolute Gasteiger partial charge is 0.302 e. The number of rotatable bonds is 3. The van der Waals surface area contributed by atoms with Crippen molar-refractivity contribution in [3.8, 4) is 0 Å². The molecule has 5 aliphatic rings. The summed E-state index contributed by atoms with van der Waals surface area (Å²) in [7, 11) is 0. The minimum atomic E-state index is -0.134. The Morgan fingerprint density at radius 3 is 2.17 bits per heavy atom. The first-order valence-corrected chi connectivity index (χ1v) is 14.6. The fraction of sp³-hybridized carbons (Fsp3) is 0.875. The number of hydrogen-bond donors (Lipinski definition) is 0. The third kappa shape index (κ3) is 3.21. The van der Waals surface area contributed by atoms with E-state index in [0.717, 1.165) is 32.1 Å². The average molecular weight is 483 g/mol. The average Bonchev–Trinajstić information content (AvgIpc) is 3.16. The van der Waals surface area contributed by atoms with Gasteiger partial charge in [-0.2, -0.15) is 0 Å². The van der Waals surface area contributed by atoms with Crippen LogP contribution in [0, 0.1) is 56.7 Å². The number of aldehydes is 1. The first kappa shape index (κ1) is 25.5. The van der Waals surface area contributed by atoms with E-state index in [0.29, 0.717) is 35.0 Å². The summed E-state index contributed by atoms with van der Waals surface area (Å²) in [6, 6.07) is 0. The lowest BCUT2D eigenvalue weighted by atomic mass is 9.32. The molecule has 3 nitrogen and oxygen atoms in total. The molecule has 0 heterocycles. The quantitative estimate of drug-likeness (QED) is 0.234. The molecule has 10 atom stereocenters. The summed E-state index contributed by atoms with van der Waals surface area (Å²) < 4.78 is 5.89. The van der Waals surface area contributed by atoms with Crippen LogP contribution in [0.1, 0.15) is 113 Å². The van der Waals surface area contributed by atoms with Crippen molar-refractivity contribution >= 4 is 12.3 Å². The fourth-order valence-electron chi connectivity index (χ4n) is 11.8. The lowest BCUT2D eigenvalue weighted by Crippen LogP contribution is -2.66. The highest BCUT2D eigenvalue weighted by Gasteiger charge is 2.71. The molecule has 0 radical (unpaired) electrons. The Bertz CT molecular complexity index is 920. The summed E-state index contributed by atoms with van der Waals surface area (Å²) in [4.78, 5) is 24.5. The van der Waals surface area contributed by atoms with Crippen molar-refractivity contribution in [2.75, 3.05) is 0 Å². The van der Waals surface area contributed by atoms with Crippen LogP contribution >= 0.6 is 0 Å². The second-order valence-electron chi connectivity index (χ2n) is 15.0. The van der Waals surface area contributed by atoms with Crippen LogP contribution in [0.5, 0.6) is 0 Å². The molecule has 5 rings (SSSR count). The summed E-state index contributed by atoms with van der Waals surface area (Å²) in [5, 5.41) is 0. The second kappa shape index (κ2) is 7.94. The first-order chi connectivity index (χ1) is 16.3. The zero-order valence-corrected chi connectivity index (χ0v) is 23.5. The van der Waals surface area contributed by atoms with Crippen molar-refractivity contribution in [1.82, 2.24) is 0 Å². The summed E-state index contributed by atoms with van der Waals surface area (Å²) in [5.74, 6) is 2.76. The van der Waals surface area contributed by atoms with Gasteiger partial charge in [-0.25, -0.2) is 0 Å². The molecule has 5 aliphatic carbocycles. The predicted molar refractivity (Wildman–Crippen MR) is 141 cm³/mol. The van der Waals surface area contributed by atoms with Crippen molar-refractivity contribution in [3.63, 3.8) is 0 Å². The molecule has 0 amide bonds. The van der Waals surface area contributed by atoms with Crippen LogP contribution in [0.4, 0.5) is 0 Å². The lowest BCUT2D eigenvalue weighted by Gasteiger charge is -2.72. The molecule has 0 spiro atoms. The monoisotopic (exact) mass is 482 g/mol. The van der Waals surface area contributed by atoms with Crippen LogP contribution in [-0.4, -0.2) is 18.4 Å². The Labute approximate surface area is 214 Å². The Hall–Kier alpha value is -1.12. The topological polar surface area (TPSA) is 43.4 Å². The molecule has 3 heteroatoms. The molecule has 2 unspecified atom stereocenters. The summed E-state index contributed by atoms with van der Waals surface area (Å²) >= 11 is 0. The Morgan fingerprint density at radius 1 is 0.829 bits per heavy atom. The molecule has 196 valence electrons. The molecule has 35 heavy (non-hydrogen) atoms. The zero-order valence-electron chi connectivity index (χ0n) is 23.5. The molecule has 0 aliphatic heterocycles. The van der Waals surface area contributed by atoms with E-state index in [1.165, 1.54) is 44.0 Å². The van der Waals surface area contributed by atoms with Crippen molar-refractivity contribution in [2.24, 2.45) is 56.7 Å². The van der Waals surface area contributed by atoms with Gasteiger partial charge in [0.25, 0.3) is 0 Å². The van der Waals surface area contributed by atoms with Crippen LogP contribution in [-0.2, 0) is 14.3 Å². The van der Waals surface area contributed by atoms with Gasteiger partial charge in [-0.05, 0) is 117 Å². The molecule has 0 bridgehead atoms. The van der Waals surface area contributed by atoms with Gasteiger partial charge >= 0.3 is 5.97 Å². The Kier molecular flexibility index (Phi) is 5.79. The first-order valence-electron chi connectivity index (χ1n) is 14.6. The number of carbonyl (C=O) groups excluding carboxylic acids is 2. The number of hydrogen-bond acceptors (Lipinski definition) is 3. The van der Waals surface area contributed by atoms with Gasteiger partial charge in [0.05, 0.1) is 0 Å². The van der Waals surface area contributed by atoms with Crippen molar-refractivity contribution in [2.45, 2.75) is 119 Å². The van der Waals surface area contributed by atoms with E-state index in [1.807, 2.05) is 0 Å². The maximum Gasteiger partial charge on any atom is 0.302 e. The largest absolute Gasteiger partial charge is 0.462 e. The van der Waals surface area contributed by atoms with Crippen molar-refractivity contribution < 1.29 is 14.3 Å². The standard InChI is InChI=1S/C32H50O3/c1-20(2)22-11-16-32(19-33)18-17-30(7)23(27(22)32)9-10-25-29(6)14-13-26(35-21(3)34)28(4,5)24(29)12-15-31(25,30)8/h19,22-27H,1,9-18H2,2-8H3/t22-,23+,24-,25+,26?,27+,29-,30+,31+,32?/m0/s1. The van der Waals surface area contributed by atoms with Crippen LogP contribution < -0.4 is 0 Å². The van der Waals surface area contributed by atoms with Crippen LogP contribution in [0.15, 0.2) is 12.2 Å². The van der Waals surface area contributed by atoms with Gasteiger partial charge in [-0.1, -0.05) is 46.8 Å². The SMILES string of the molecule is C=C(C)[C@@H]1CCC2(C=O)CC[C@]3(C)[C@H](CC[C@@H]4[C@@]5(C)CCC(OC(C)=O)C(C)(C)[C@@H]5CC[C@]43C)[C@@H]12. The van der Waals surface area contributed by atoms with Crippen molar-refractivity contribution in [3.05, 3.63) is 12.2 Å². The highest BCUT2D eigenvalue weighted by atomic mass is 16.5. The molecule has 0 aromatic carbocycles. The number of carbonyl (C=O) groups is 2. The number of esters is 1. The summed E-state index contributed by atoms with van der Waals surface area (Å²) in [6.07, 6.45) is 13.1. The maximum atomic E-state index is 12.6. The molecular weight excluding hydrogens is 432 g/mol. The summed E-state index contributed by atoms with van der Waals surface area (Å²) in [5.41, 5.74) is 2.05. The van der Waals surface area contributed by atoms with Crippen molar-refractivity contribution in [1.29, 1.82) is 0 Å². The molecule has 0 N–H and O–H groups in total. The predicted octanol–water partition coefficient (Wildman–Crippen LogP) is 7.77. The van der Waals surface area contributed by atoms with Gasteiger partial charge in [0.2, 0.25) is 0 Å². The van der Waals surface area contributed by atoms with E-state index in [9.17, 15) is 9.59 Å². The van der Waals surface area contributed by atoms with Gasteiger partial charge in [0.15, 0.2) is 0 Å². The fourth-order valence-corrected chi connectivity index (χ4v) is 11.8. The number of allylic oxidation sites excluding steroid dienone is 1. The highest BCUT2D eigenvalue weighted by molar-refractivity contribution is 5.66. The third-order valence-electron chi connectivity index (χ3n) is 13.6. The third-order valence-corrected chi connectivity index (χ3v) is 13.6. The van der Waals surface area contributed by atoms with Crippen LogP contribution in [0.3, 0.4) is 0 Å². The lowest BCUT2D eigenvalue weighted by molar-refractivity contribution is -0.247. The van der Waals surface area contributed by atoms with E-state index >= 15 is 0 Å². The Balaban J connectivity index is 1.51. The molecule has 0 aromatic heterocycles. The van der Waals surface area contributed by atoms with Gasteiger partial charge < -0.3 is 9.53 Å². The van der Waals surface area contributed by atoms with E-state index in [1.54, 1.807) is 6.92 Å². The zero-order chi connectivity index (χ0) is 25.6. The Morgan fingerprint density at radius 2 is 1.54 bits per heavy atom. The number of ether oxygens (including phenoxy) is 1. The molecular formula is C32H50O3. The van der Waals surface area contributed by atoms with E-state index < -0.39 is 0 Å². The van der Waals surface area contributed by atoms with E-state index in [2.05, 4.69) is 48.1 Å². The summed E-state index contributed by atoms with van der Waals surface area (Å²) in [6.45, 7) is 20.8. The van der Waals surface area contributed by atoms with Gasteiger partial charge in [0.1, 0.15) is 12.4 Å². The maximum absolute atomic E-state index is 12.6. The molecule has 0 saturated heterocycles. The van der Waals surface area contributed by atoms with Crippen LogP contribution in [0.2, 0.25) is 0 Å². The normalized spacial score (nSPS) is 52.3. The van der Waals surface area contributed by atoms with Gasteiger partial charge in [0, 0.05) is 17.8 Å². The second-order valence-corrected chi connectivity index (χ2v) is 15.0. The molecule has 5 fully saturated rings. The molecule has 0 aromatic rings. The molecule has 5 saturated carbocycles. The number of fused-ring (bicyclic) bond motifs is 7. The minimum absolute atomic E-state index is 0.00743. The highest BCUT2D eigenvalue weighted by Crippen LogP contribution is 2.77. The van der Waals surface area contributed by atoms with Crippen LogP contribution in [0.25, 0.3) is 0 Å². The van der Waals surface area contributed by atoms with Gasteiger partial charge in [-0.3, -0.25) is 4.79 Å². The minimum Gasteiger partial charge on any atom is -0.462 e. The van der Waals surface area contributed by atoms with E-state index in [-0.39, 0.29) is 33.7 Å². The van der Waals surface area contributed by atoms with Gasteiger partial charge in [-0.15, -0.1) is 0 Å².